The highest BCUT2D eigenvalue weighted by Gasteiger charge is 2.11. The van der Waals surface area contributed by atoms with Gasteiger partial charge in [0.15, 0.2) is 0 Å². The molecule has 0 radical (unpaired) electrons. The van der Waals surface area contributed by atoms with Crippen molar-refractivity contribution in [2.24, 2.45) is 0 Å². The van der Waals surface area contributed by atoms with Crippen molar-refractivity contribution in [1.29, 1.82) is 0 Å². The van der Waals surface area contributed by atoms with E-state index in [-0.39, 0.29) is 5.03 Å². The summed E-state index contributed by atoms with van der Waals surface area (Å²) in [5, 5.41) is 1.26. The summed E-state index contributed by atoms with van der Waals surface area (Å²) in [7, 11) is -0.488. The molecule has 0 amide bonds. The van der Waals surface area contributed by atoms with Crippen molar-refractivity contribution in [1.82, 2.24) is 4.31 Å². The molecule has 3 nitrogen and oxygen atoms in total. The van der Waals surface area contributed by atoms with Gasteiger partial charge in [-0.1, -0.05) is 41.9 Å². The molecule has 0 bridgehead atoms. The largest absolute Gasteiger partial charge is 0.237 e. The number of rotatable bonds is 3. The summed E-state index contributed by atoms with van der Waals surface area (Å²) in [5.41, 5.74) is 0.685. The van der Waals surface area contributed by atoms with Gasteiger partial charge in [0, 0.05) is 14.1 Å². The van der Waals surface area contributed by atoms with E-state index in [0.29, 0.717) is 5.56 Å². The van der Waals surface area contributed by atoms with Crippen LogP contribution in [0.5, 0.6) is 0 Å². The number of hydrogen-bond acceptors (Lipinski definition) is 2. The van der Waals surface area contributed by atoms with Crippen LogP contribution in [0.3, 0.4) is 0 Å². The standard InChI is InChI=1S/C10H12ClNO2S/c1-12(2)15(13,14)8-10(11)9-6-4-3-5-7-9/h3-8H,1-2H3/b10-8-. The van der Waals surface area contributed by atoms with Gasteiger partial charge in [0.1, 0.15) is 0 Å². The van der Waals surface area contributed by atoms with Crippen molar-refractivity contribution < 1.29 is 8.42 Å². The molecule has 0 N–H and O–H groups in total. The average Bonchev–Trinajstić information content (AvgIpc) is 2.18. The van der Waals surface area contributed by atoms with Crippen molar-refractivity contribution in [3.63, 3.8) is 0 Å². The second-order valence-corrected chi connectivity index (χ2v) is 5.56. The van der Waals surface area contributed by atoms with E-state index in [2.05, 4.69) is 0 Å². The minimum atomic E-state index is -3.41. The number of halogens is 1. The molecule has 1 aromatic rings. The Bertz CT molecular complexity index is 452. The molecular formula is C10H12ClNO2S. The number of nitrogens with zero attached hydrogens (tertiary/aromatic N) is 1. The maximum absolute atomic E-state index is 11.5. The summed E-state index contributed by atoms with van der Waals surface area (Å²) in [5.74, 6) is 0. The minimum absolute atomic E-state index is 0.212. The highest BCUT2D eigenvalue weighted by molar-refractivity contribution is 7.92. The zero-order chi connectivity index (χ0) is 11.5. The summed E-state index contributed by atoms with van der Waals surface area (Å²) >= 11 is 5.89. The van der Waals surface area contributed by atoms with Crippen molar-refractivity contribution >= 4 is 26.7 Å². The van der Waals surface area contributed by atoms with Crippen LogP contribution >= 0.6 is 11.6 Å². The minimum Gasteiger partial charge on any atom is -0.207 e. The molecule has 0 atom stereocenters. The van der Waals surface area contributed by atoms with E-state index >= 15 is 0 Å². The molecule has 82 valence electrons. The molecule has 1 rings (SSSR count). The van der Waals surface area contributed by atoms with E-state index < -0.39 is 10.0 Å². The van der Waals surface area contributed by atoms with E-state index in [0.717, 1.165) is 9.71 Å². The highest BCUT2D eigenvalue weighted by Crippen LogP contribution is 2.20. The monoisotopic (exact) mass is 245 g/mol. The van der Waals surface area contributed by atoms with E-state index in [1.54, 1.807) is 24.3 Å². The predicted molar refractivity (Wildman–Crippen MR) is 62.9 cm³/mol. The van der Waals surface area contributed by atoms with Crippen molar-refractivity contribution in [2.75, 3.05) is 14.1 Å². The van der Waals surface area contributed by atoms with Gasteiger partial charge in [-0.15, -0.1) is 0 Å². The average molecular weight is 246 g/mol. The van der Waals surface area contributed by atoms with E-state index in [1.165, 1.54) is 14.1 Å². The molecule has 0 unspecified atom stereocenters. The van der Waals surface area contributed by atoms with Crippen LogP contribution < -0.4 is 0 Å². The van der Waals surface area contributed by atoms with Crippen LogP contribution in [0, 0.1) is 0 Å². The van der Waals surface area contributed by atoms with Crippen LogP contribution in [-0.2, 0) is 10.0 Å². The molecule has 0 aromatic heterocycles. The van der Waals surface area contributed by atoms with Crippen LogP contribution in [0.4, 0.5) is 0 Å². The lowest BCUT2D eigenvalue weighted by atomic mass is 10.2. The Morgan fingerprint density at radius 2 is 1.80 bits per heavy atom. The fourth-order valence-electron chi connectivity index (χ4n) is 0.902. The molecule has 0 spiro atoms. The van der Waals surface area contributed by atoms with Crippen LogP contribution in [0.15, 0.2) is 35.7 Å². The number of hydrogen-bond donors (Lipinski definition) is 0. The Balaban J connectivity index is 3.06. The van der Waals surface area contributed by atoms with Gasteiger partial charge in [-0.2, -0.15) is 0 Å². The third-order valence-corrected chi connectivity index (χ3v) is 3.82. The molecule has 0 aliphatic rings. The molecule has 0 fully saturated rings. The summed E-state index contributed by atoms with van der Waals surface area (Å²) in [6.07, 6.45) is 0. The number of benzene rings is 1. The first kappa shape index (κ1) is 12.2. The van der Waals surface area contributed by atoms with Crippen molar-refractivity contribution in [3.05, 3.63) is 41.3 Å². The second-order valence-electron chi connectivity index (χ2n) is 3.16. The quantitative estimate of drug-likeness (QED) is 0.818. The summed E-state index contributed by atoms with van der Waals surface area (Å²) in [4.78, 5) is 0. The first-order valence-corrected chi connectivity index (χ1v) is 6.17. The first-order chi connectivity index (χ1) is 6.93. The molecule has 0 aliphatic heterocycles. The van der Waals surface area contributed by atoms with Gasteiger partial charge in [0.25, 0.3) is 0 Å². The summed E-state index contributed by atoms with van der Waals surface area (Å²) < 4.78 is 24.1. The smallest absolute Gasteiger partial charge is 0.207 e. The molecule has 5 heteroatoms. The van der Waals surface area contributed by atoms with Gasteiger partial charge >= 0.3 is 0 Å². The van der Waals surface area contributed by atoms with E-state index in [9.17, 15) is 8.42 Å². The maximum Gasteiger partial charge on any atom is 0.237 e. The van der Waals surface area contributed by atoms with E-state index in [4.69, 9.17) is 11.6 Å². The topological polar surface area (TPSA) is 37.4 Å². The molecule has 0 heterocycles. The molecule has 0 saturated carbocycles. The molecule has 0 aliphatic carbocycles. The van der Waals surface area contributed by atoms with Crippen LogP contribution in [0.2, 0.25) is 0 Å². The van der Waals surface area contributed by atoms with Crippen molar-refractivity contribution in [3.8, 4) is 0 Å². The van der Waals surface area contributed by atoms with Gasteiger partial charge in [-0.25, -0.2) is 12.7 Å². The third kappa shape index (κ3) is 3.34. The van der Waals surface area contributed by atoms with Crippen LogP contribution in [0.1, 0.15) is 5.56 Å². The predicted octanol–water partition coefficient (Wildman–Crippen LogP) is 2.12. The third-order valence-electron chi connectivity index (χ3n) is 1.81. The Hall–Kier alpha value is -0.840. The maximum atomic E-state index is 11.5. The first-order valence-electron chi connectivity index (χ1n) is 4.28. The van der Waals surface area contributed by atoms with Crippen LogP contribution in [0.25, 0.3) is 5.03 Å². The molecule has 1 aromatic carbocycles. The molecular weight excluding hydrogens is 234 g/mol. The lowest BCUT2D eigenvalue weighted by molar-refractivity contribution is 0.531. The Morgan fingerprint density at radius 3 is 2.27 bits per heavy atom. The highest BCUT2D eigenvalue weighted by atomic mass is 35.5. The Labute approximate surface area is 95.0 Å². The zero-order valence-electron chi connectivity index (χ0n) is 8.51. The normalized spacial score (nSPS) is 13.2. The van der Waals surface area contributed by atoms with Crippen molar-refractivity contribution in [2.45, 2.75) is 0 Å². The van der Waals surface area contributed by atoms with Gasteiger partial charge in [0.05, 0.1) is 10.4 Å². The Morgan fingerprint density at radius 1 is 1.27 bits per heavy atom. The van der Waals surface area contributed by atoms with Gasteiger partial charge in [-0.05, 0) is 5.56 Å². The fourth-order valence-corrected chi connectivity index (χ4v) is 1.97. The van der Waals surface area contributed by atoms with E-state index in [1.807, 2.05) is 6.07 Å². The molecule has 15 heavy (non-hydrogen) atoms. The van der Waals surface area contributed by atoms with Gasteiger partial charge in [0.2, 0.25) is 10.0 Å². The Kier molecular flexibility index (Phi) is 3.90. The van der Waals surface area contributed by atoms with Crippen LogP contribution in [-0.4, -0.2) is 26.8 Å². The van der Waals surface area contributed by atoms with Gasteiger partial charge in [-0.3, -0.25) is 0 Å². The van der Waals surface area contributed by atoms with Gasteiger partial charge < -0.3 is 0 Å². The fraction of sp³-hybridized carbons (Fsp3) is 0.200. The summed E-state index contributed by atoms with van der Waals surface area (Å²) in [6.45, 7) is 0. The zero-order valence-corrected chi connectivity index (χ0v) is 10.1. The summed E-state index contributed by atoms with van der Waals surface area (Å²) in [6, 6.07) is 8.95. The lowest BCUT2D eigenvalue weighted by Gasteiger charge is -2.07. The number of sulfonamides is 1. The second kappa shape index (κ2) is 4.79. The molecule has 0 saturated heterocycles. The lowest BCUT2D eigenvalue weighted by Crippen LogP contribution is -2.19. The SMILES string of the molecule is CN(C)S(=O)(=O)/C=C(\Cl)c1ccccc1.